The molecule has 0 unspecified atom stereocenters. The molecule has 2 rings (SSSR count). The smallest absolute Gasteiger partial charge is 0.409 e. The lowest BCUT2D eigenvalue weighted by molar-refractivity contribution is -0.138. The van der Waals surface area contributed by atoms with E-state index in [0.29, 0.717) is 44.2 Å². The first-order chi connectivity index (χ1) is 12.6. The van der Waals surface area contributed by atoms with Gasteiger partial charge in [-0.05, 0) is 19.1 Å². The molecule has 1 fully saturated rings. The number of esters is 1. The van der Waals surface area contributed by atoms with Crippen LogP contribution in [-0.2, 0) is 14.3 Å². The number of carbonyl (C=O) groups excluding carboxylic acids is 2. The fourth-order valence-corrected chi connectivity index (χ4v) is 2.59. The van der Waals surface area contributed by atoms with Crippen LogP contribution >= 0.6 is 0 Å². The number of nitrogens with zero attached hydrogens (tertiary/aromatic N) is 2. The van der Waals surface area contributed by atoms with Gasteiger partial charge in [-0.3, -0.25) is 0 Å². The minimum absolute atomic E-state index is 0.328. The van der Waals surface area contributed by atoms with Gasteiger partial charge in [0.15, 0.2) is 0 Å². The van der Waals surface area contributed by atoms with E-state index in [0.717, 1.165) is 5.69 Å². The third-order valence-electron chi connectivity index (χ3n) is 3.99. The Hall–Kier alpha value is -2.90. The molecule has 26 heavy (non-hydrogen) atoms. The molecule has 0 aromatic heterocycles. The van der Waals surface area contributed by atoms with E-state index in [1.165, 1.54) is 7.11 Å². The molecule has 8 heteroatoms. The normalized spacial score (nSPS) is 14.7. The van der Waals surface area contributed by atoms with Crippen molar-refractivity contribution < 1.29 is 23.8 Å². The molecular formula is C18H25N3O5. The van der Waals surface area contributed by atoms with Crippen molar-refractivity contribution in [1.29, 1.82) is 0 Å². The van der Waals surface area contributed by atoms with Crippen LogP contribution in [0.5, 0.6) is 5.75 Å². The Balaban J connectivity index is 2.05. The van der Waals surface area contributed by atoms with E-state index in [1.54, 1.807) is 25.1 Å². The molecule has 1 N–H and O–H groups in total. The summed E-state index contributed by atoms with van der Waals surface area (Å²) in [7, 11) is 2.94. The van der Waals surface area contributed by atoms with Gasteiger partial charge >= 0.3 is 12.1 Å². The average molecular weight is 363 g/mol. The molecule has 0 aliphatic carbocycles. The predicted molar refractivity (Wildman–Crippen MR) is 96.9 cm³/mol. The summed E-state index contributed by atoms with van der Waals surface area (Å²) < 4.78 is 15.1. The Bertz CT molecular complexity index is 654. The summed E-state index contributed by atoms with van der Waals surface area (Å²) in [6.07, 6.45) is 1.28. The molecule has 0 bridgehead atoms. The molecule has 1 aromatic carbocycles. The first-order valence-corrected chi connectivity index (χ1v) is 8.44. The molecular weight excluding hydrogens is 338 g/mol. The van der Waals surface area contributed by atoms with Crippen LogP contribution in [0.25, 0.3) is 0 Å². The van der Waals surface area contributed by atoms with E-state index >= 15 is 0 Å². The van der Waals surface area contributed by atoms with E-state index in [1.807, 2.05) is 29.2 Å². The summed E-state index contributed by atoms with van der Waals surface area (Å²) in [5.74, 6) is 0.274. The lowest BCUT2D eigenvalue weighted by Crippen LogP contribution is -2.49. The summed E-state index contributed by atoms with van der Waals surface area (Å²) in [6, 6.07) is 7.38. The molecule has 142 valence electrons. The maximum atomic E-state index is 12.2. The van der Waals surface area contributed by atoms with E-state index in [2.05, 4.69) is 5.32 Å². The van der Waals surface area contributed by atoms with Gasteiger partial charge in [-0.1, -0.05) is 6.07 Å². The minimum atomic E-state index is -0.440. The zero-order chi connectivity index (χ0) is 18.9. The lowest BCUT2D eigenvalue weighted by Gasteiger charge is -2.35. The van der Waals surface area contributed by atoms with E-state index in [9.17, 15) is 9.59 Å². The summed E-state index contributed by atoms with van der Waals surface area (Å²) in [6.45, 7) is 4.10. The highest BCUT2D eigenvalue weighted by Crippen LogP contribution is 2.18. The largest absolute Gasteiger partial charge is 0.497 e. The van der Waals surface area contributed by atoms with E-state index in [4.69, 9.17) is 14.2 Å². The van der Waals surface area contributed by atoms with Gasteiger partial charge in [0.25, 0.3) is 0 Å². The third-order valence-corrected chi connectivity index (χ3v) is 3.99. The van der Waals surface area contributed by atoms with Gasteiger partial charge in [-0.2, -0.15) is 0 Å². The molecule has 0 atom stereocenters. The zero-order valence-electron chi connectivity index (χ0n) is 15.4. The van der Waals surface area contributed by atoms with Crippen molar-refractivity contribution >= 4 is 17.7 Å². The summed E-state index contributed by atoms with van der Waals surface area (Å²) in [5, 5.41) is 3.10. The van der Waals surface area contributed by atoms with E-state index in [-0.39, 0.29) is 6.09 Å². The van der Waals surface area contributed by atoms with Gasteiger partial charge in [-0.25, -0.2) is 9.59 Å². The Morgan fingerprint density at radius 2 is 1.85 bits per heavy atom. The Kier molecular flexibility index (Phi) is 7.13. The number of ether oxygens (including phenoxy) is 3. The van der Waals surface area contributed by atoms with E-state index < -0.39 is 5.97 Å². The number of carbonyl (C=O) groups is 2. The molecule has 1 amide bonds. The molecule has 0 saturated carbocycles. The molecule has 1 aromatic rings. The summed E-state index contributed by atoms with van der Waals surface area (Å²) >= 11 is 0. The number of piperazine rings is 1. The Labute approximate surface area is 153 Å². The number of benzene rings is 1. The standard InChI is InChI=1S/C18H25N3O5/c1-4-26-18(23)21-10-8-20(9-11-21)16(17(22)25-3)13-19-14-6-5-7-15(12-14)24-2/h5-7,12-13,19H,4,8-11H2,1-3H3/b16-13+. The number of rotatable bonds is 6. The quantitative estimate of drug-likeness (QED) is 0.611. The van der Waals surface area contributed by atoms with Crippen LogP contribution in [0, 0.1) is 0 Å². The highest BCUT2D eigenvalue weighted by Gasteiger charge is 2.26. The Morgan fingerprint density at radius 3 is 2.46 bits per heavy atom. The first-order valence-electron chi connectivity index (χ1n) is 8.44. The maximum Gasteiger partial charge on any atom is 0.409 e. The molecule has 0 radical (unpaired) electrons. The molecule has 1 aliphatic heterocycles. The second kappa shape index (κ2) is 9.55. The average Bonchev–Trinajstić information content (AvgIpc) is 2.68. The third kappa shape index (κ3) is 5.05. The number of hydrogen-bond acceptors (Lipinski definition) is 7. The van der Waals surface area contributed by atoms with Crippen molar-refractivity contribution in [1.82, 2.24) is 9.80 Å². The van der Waals surface area contributed by atoms with Gasteiger partial charge in [0.1, 0.15) is 11.4 Å². The van der Waals surface area contributed by atoms with Crippen LogP contribution in [0.3, 0.4) is 0 Å². The van der Waals surface area contributed by atoms with Gasteiger partial charge in [0.2, 0.25) is 0 Å². The Morgan fingerprint density at radius 1 is 1.15 bits per heavy atom. The lowest BCUT2D eigenvalue weighted by atomic mass is 10.2. The molecule has 1 saturated heterocycles. The van der Waals surface area contributed by atoms with Crippen molar-refractivity contribution in [2.45, 2.75) is 6.92 Å². The molecule has 8 nitrogen and oxygen atoms in total. The molecule has 1 aliphatic rings. The second-order valence-corrected chi connectivity index (χ2v) is 5.57. The van der Waals surface area contributed by atoms with Crippen molar-refractivity contribution in [2.24, 2.45) is 0 Å². The minimum Gasteiger partial charge on any atom is -0.497 e. The van der Waals surface area contributed by atoms with Crippen molar-refractivity contribution in [3.63, 3.8) is 0 Å². The van der Waals surface area contributed by atoms with Crippen LogP contribution in [0.4, 0.5) is 10.5 Å². The summed E-state index contributed by atoms with van der Waals surface area (Å²) in [5.41, 5.74) is 1.19. The molecule has 1 heterocycles. The zero-order valence-corrected chi connectivity index (χ0v) is 15.4. The number of amides is 1. The fourth-order valence-electron chi connectivity index (χ4n) is 2.59. The van der Waals surface area contributed by atoms with Crippen molar-refractivity contribution in [3.05, 3.63) is 36.2 Å². The second-order valence-electron chi connectivity index (χ2n) is 5.57. The number of methoxy groups -OCH3 is 2. The van der Waals surface area contributed by atoms with Crippen LogP contribution in [0.2, 0.25) is 0 Å². The van der Waals surface area contributed by atoms with Crippen molar-refractivity contribution in [2.75, 3.05) is 52.3 Å². The highest BCUT2D eigenvalue weighted by molar-refractivity contribution is 5.88. The topological polar surface area (TPSA) is 80.3 Å². The first kappa shape index (κ1) is 19.4. The van der Waals surface area contributed by atoms with Crippen LogP contribution < -0.4 is 10.1 Å². The van der Waals surface area contributed by atoms with Gasteiger partial charge in [-0.15, -0.1) is 0 Å². The molecule has 0 spiro atoms. The highest BCUT2D eigenvalue weighted by atomic mass is 16.6. The van der Waals surface area contributed by atoms with Crippen LogP contribution in [0.15, 0.2) is 36.2 Å². The van der Waals surface area contributed by atoms with Crippen molar-refractivity contribution in [3.8, 4) is 5.75 Å². The number of nitrogens with one attached hydrogen (secondary N) is 1. The fraction of sp³-hybridized carbons (Fsp3) is 0.444. The number of hydrogen-bond donors (Lipinski definition) is 1. The van der Waals surface area contributed by atoms with Gasteiger partial charge in [0.05, 0.1) is 20.8 Å². The number of anilines is 1. The van der Waals surface area contributed by atoms with Crippen LogP contribution in [-0.4, -0.2) is 68.9 Å². The summed E-state index contributed by atoms with van der Waals surface area (Å²) in [4.78, 5) is 27.5. The maximum absolute atomic E-state index is 12.2. The SMILES string of the molecule is CCOC(=O)N1CCN(/C(=C/Nc2cccc(OC)c2)C(=O)OC)CC1. The van der Waals surface area contributed by atoms with Gasteiger partial charge in [0, 0.05) is 44.1 Å². The predicted octanol–water partition coefficient (Wildman–Crippen LogP) is 1.90. The monoisotopic (exact) mass is 363 g/mol. The van der Waals surface area contributed by atoms with Crippen LogP contribution in [0.1, 0.15) is 6.92 Å². The van der Waals surface area contributed by atoms with Gasteiger partial charge < -0.3 is 29.3 Å².